The Morgan fingerprint density at radius 2 is 2.00 bits per heavy atom. The van der Waals surface area contributed by atoms with Crippen LogP contribution in [0.4, 0.5) is 8.78 Å². The first-order valence-electron chi connectivity index (χ1n) is 3.09. The molecular formula is C9H3F2N. The van der Waals surface area contributed by atoms with Crippen LogP contribution in [0, 0.1) is 34.8 Å². The molecule has 0 amide bonds. The Kier molecular flexibility index (Phi) is 2.40. The van der Waals surface area contributed by atoms with E-state index in [1.54, 1.807) is 0 Å². The Hall–Kier alpha value is -1.87. The summed E-state index contributed by atoms with van der Waals surface area (Å²) in [7, 11) is 0. The maximum atomic E-state index is 12.7. The van der Waals surface area contributed by atoms with Gasteiger partial charge in [0.25, 0.3) is 0 Å². The first-order chi connectivity index (χ1) is 5.74. The van der Waals surface area contributed by atoms with E-state index >= 15 is 0 Å². The number of hydrogen-bond acceptors (Lipinski definition) is 1. The summed E-state index contributed by atoms with van der Waals surface area (Å²) in [5.74, 6) is 2.85. The zero-order chi connectivity index (χ0) is 8.97. The fourth-order valence-corrected chi connectivity index (χ4v) is 0.686. The maximum Gasteiger partial charge on any atom is 0.152 e. The van der Waals surface area contributed by atoms with Crippen molar-refractivity contribution in [3.63, 3.8) is 0 Å². The van der Waals surface area contributed by atoms with E-state index in [1.165, 1.54) is 12.1 Å². The highest BCUT2D eigenvalue weighted by atomic mass is 19.1. The fraction of sp³-hybridized carbons (Fsp3) is 0. The van der Waals surface area contributed by atoms with Crippen molar-refractivity contribution >= 4 is 0 Å². The normalized spacial score (nSPS) is 8.08. The van der Waals surface area contributed by atoms with Crippen molar-refractivity contribution in [2.75, 3.05) is 0 Å². The minimum atomic E-state index is -0.752. The molecule has 1 aromatic carbocycles. The molecule has 0 saturated heterocycles. The summed E-state index contributed by atoms with van der Waals surface area (Å²) >= 11 is 0. The van der Waals surface area contributed by atoms with Crippen molar-refractivity contribution in [1.82, 2.24) is 0 Å². The van der Waals surface area contributed by atoms with Crippen molar-refractivity contribution in [3.8, 4) is 17.9 Å². The van der Waals surface area contributed by atoms with Gasteiger partial charge in [-0.15, -0.1) is 0 Å². The van der Waals surface area contributed by atoms with Crippen LogP contribution in [0.15, 0.2) is 18.2 Å². The van der Waals surface area contributed by atoms with Crippen LogP contribution in [0.5, 0.6) is 0 Å². The predicted octanol–water partition coefficient (Wildman–Crippen LogP) is 1.84. The van der Waals surface area contributed by atoms with Crippen LogP contribution in [-0.4, -0.2) is 0 Å². The molecule has 0 aliphatic rings. The number of hydrogen-bond donors (Lipinski definition) is 0. The molecule has 0 saturated carbocycles. The number of halogens is 2. The molecule has 0 aliphatic carbocycles. The fourth-order valence-electron chi connectivity index (χ4n) is 0.686. The molecule has 0 N–H and O–H groups in total. The third-order valence-electron chi connectivity index (χ3n) is 1.18. The van der Waals surface area contributed by atoms with E-state index in [0.717, 1.165) is 12.1 Å². The first kappa shape index (κ1) is 8.23. The van der Waals surface area contributed by atoms with E-state index in [4.69, 9.17) is 5.26 Å². The lowest BCUT2D eigenvalue weighted by Gasteiger charge is -1.92. The molecule has 0 bridgehead atoms. The summed E-state index contributed by atoms with van der Waals surface area (Å²) in [6, 6.07) is 4.54. The van der Waals surface area contributed by atoms with E-state index in [1.807, 2.05) is 5.92 Å². The van der Waals surface area contributed by atoms with Gasteiger partial charge in [-0.2, -0.15) is 5.26 Å². The molecule has 1 aromatic rings. The second-order valence-electron chi connectivity index (χ2n) is 1.99. The predicted molar refractivity (Wildman–Crippen MR) is 38.8 cm³/mol. The third-order valence-corrected chi connectivity index (χ3v) is 1.18. The standard InChI is InChI=1S/C9H3F2N/c10-8-4-3-7(2-1-5-12)9(11)6-8/h3-4,6H. The van der Waals surface area contributed by atoms with Crippen LogP contribution < -0.4 is 0 Å². The summed E-state index contributed by atoms with van der Waals surface area (Å²) in [4.78, 5) is 0. The van der Waals surface area contributed by atoms with Crippen LogP contribution in [0.3, 0.4) is 0 Å². The Bertz CT molecular complexity index is 393. The quantitative estimate of drug-likeness (QED) is 0.535. The average Bonchev–Trinajstić information content (AvgIpc) is 2.03. The van der Waals surface area contributed by atoms with Crippen LogP contribution in [0.25, 0.3) is 0 Å². The maximum absolute atomic E-state index is 12.7. The van der Waals surface area contributed by atoms with Gasteiger partial charge in [0.15, 0.2) is 6.07 Å². The summed E-state index contributed by atoms with van der Waals surface area (Å²) in [6.45, 7) is 0. The van der Waals surface area contributed by atoms with E-state index in [2.05, 4.69) is 5.92 Å². The minimum Gasteiger partial charge on any atom is -0.207 e. The molecule has 0 spiro atoms. The highest BCUT2D eigenvalue weighted by Crippen LogP contribution is 2.07. The summed E-state index contributed by atoms with van der Waals surface area (Å²) in [6.07, 6.45) is 0. The summed E-state index contributed by atoms with van der Waals surface area (Å²) < 4.78 is 25.0. The van der Waals surface area contributed by atoms with Crippen molar-refractivity contribution in [2.45, 2.75) is 0 Å². The molecule has 0 fully saturated rings. The topological polar surface area (TPSA) is 23.8 Å². The van der Waals surface area contributed by atoms with Gasteiger partial charge in [0, 0.05) is 12.0 Å². The lowest BCUT2D eigenvalue weighted by atomic mass is 10.2. The van der Waals surface area contributed by atoms with E-state index in [-0.39, 0.29) is 5.56 Å². The zero-order valence-corrected chi connectivity index (χ0v) is 5.94. The highest BCUT2D eigenvalue weighted by Gasteiger charge is 1.99. The van der Waals surface area contributed by atoms with Gasteiger partial charge in [-0.05, 0) is 18.1 Å². The molecule has 0 radical (unpaired) electrons. The molecule has 3 heteroatoms. The van der Waals surface area contributed by atoms with Crippen LogP contribution in [0.2, 0.25) is 0 Å². The lowest BCUT2D eigenvalue weighted by Crippen LogP contribution is -1.84. The van der Waals surface area contributed by atoms with Crippen molar-refractivity contribution in [1.29, 1.82) is 5.26 Å². The van der Waals surface area contributed by atoms with Gasteiger partial charge >= 0.3 is 0 Å². The summed E-state index contributed by atoms with van der Waals surface area (Å²) in [5, 5.41) is 8.05. The highest BCUT2D eigenvalue weighted by molar-refractivity contribution is 5.38. The molecular weight excluding hydrogens is 160 g/mol. The molecule has 0 unspecified atom stereocenters. The second kappa shape index (κ2) is 3.50. The van der Waals surface area contributed by atoms with Gasteiger partial charge in [-0.3, -0.25) is 0 Å². The van der Waals surface area contributed by atoms with Crippen molar-refractivity contribution in [2.24, 2.45) is 0 Å². The molecule has 1 nitrogen and oxygen atoms in total. The summed E-state index contributed by atoms with van der Waals surface area (Å²) in [5.41, 5.74) is 0.0259. The van der Waals surface area contributed by atoms with Gasteiger partial charge in [0.05, 0.1) is 5.56 Å². The van der Waals surface area contributed by atoms with E-state index in [0.29, 0.717) is 0 Å². The van der Waals surface area contributed by atoms with Gasteiger partial charge < -0.3 is 0 Å². The molecule has 0 atom stereocenters. The molecule has 58 valence electrons. The monoisotopic (exact) mass is 163 g/mol. The van der Waals surface area contributed by atoms with Gasteiger partial charge in [-0.1, -0.05) is 0 Å². The average molecular weight is 163 g/mol. The van der Waals surface area contributed by atoms with Crippen molar-refractivity contribution < 1.29 is 8.78 Å². The van der Waals surface area contributed by atoms with Gasteiger partial charge in [-0.25, -0.2) is 8.78 Å². The first-order valence-corrected chi connectivity index (χ1v) is 3.09. The number of nitriles is 1. The Labute approximate surface area is 68.2 Å². The Morgan fingerprint density at radius 1 is 1.25 bits per heavy atom. The minimum absolute atomic E-state index is 0.0259. The lowest BCUT2D eigenvalue weighted by molar-refractivity contribution is 0.581. The van der Waals surface area contributed by atoms with Crippen molar-refractivity contribution in [3.05, 3.63) is 35.4 Å². The van der Waals surface area contributed by atoms with Crippen LogP contribution >= 0.6 is 0 Å². The van der Waals surface area contributed by atoms with E-state index in [9.17, 15) is 8.78 Å². The van der Waals surface area contributed by atoms with Gasteiger partial charge in [0.2, 0.25) is 0 Å². The molecule has 0 aromatic heterocycles. The largest absolute Gasteiger partial charge is 0.207 e. The third kappa shape index (κ3) is 1.81. The smallest absolute Gasteiger partial charge is 0.152 e. The molecule has 0 aliphatic heterocycles. The van der Waals surface area contributed by atoms with E-state index < -0.39 is 11.6 Å². The number of rotatable bonds is 0. The Balaban J connectivity index is 3.12. The molecule has 12 heavy (non-hydrogen) atoms. The van der Waals surface area contributed by atoms with Gasteiger partial charge in [0.1, 0.15) is 11.6 Å². The SMILES string of the molecule is N#CC#Cc1ccc(F)cc1F. The molecule has 1 rings (SSSR count). The zero-order valence-electron chi connectivity index (χ0n) is 5.94. The second-order valence-corrected chi connectivity index (χ2v) is 1.99. The van der Waals surface area contributed by atoms with Crippen LogP contribution in [-0.2, 0) is 0 Å². The Morgan fingerprint density at radius 3 is 2.58 bits per heavy atom. The number of benzene rings is 1. The molecule has 0 heterocycles. The van der Waals surface area contributed by atoms with Crippen LogP contribution in [0.1, 0.15) is 5.56 Å². The number of nitrogens with zero attached hydrogens (tertiary/aromatic N) is 1.